The number of thiazole rings is 2. The van der Waals surface area contributed by atoms with E-state index in [0.29, 0.717) is 0 Å². The molecular weight excluding hydrogens is 276 g/mol. The molecule has 1 unspecified atom stereocenters. The second-order valence-corrected chi connectivity index (χ2v) is 8.19. The fraction of sp³-hybridized carbons (Fsp3) is 0.571. The van der Waals surface area contributed by atoms with E-state index >= 15 is 0 Å². The van der Waals surface area contributed by atoms with Crippen molar-refractivity contribution in [1.82, 2.24) is 9.97 Å². The summed E-state index contributed by atoms with van der Waals surface area (Å²) >= 11 is 3.33. The van der Waals surface area contributed by atoms with Crippen molar-refractivity contribution in [2.24, 2.45) is 5.41 Å². The summed E-state index contributed by atoms with van der Waals surface area (Å²) in [4.78, 5) is 10.3. The second-order valence-electron chi connectivity index (χ2n) is 6.01. The maximum Gasteiger partial charge on any atom is 0.0992 e. The van der Waals surface area contributed by atoms with Crippen LogP contribution in [0.25, 0.3) is 0 Å². The van der Waals surface area contributed by atoms with Crippen molar-refractivity contribution in [3.05, 3.63) is 31.7 Å². The van der Waals surface area contributed by atoms with Gasteiger partial charge in [-0.05, 0) is 25.2 Å². The molecule has 2 aromatic heterocycles. The molecule has 0 amide bonds. The maximum absolute atomic E-state index is 10.2. The van der Waals surface area contributed by atoms with Crippen LogP contribution in [0.3, 0.4) is 0 Å². The number of aliphatic hydroxyl groups excluding tert-OH is 1. The van der Waals surface area contributed by atoms with Crippen molar-refractivity contribution < 1.29 is 5.11 Å². The van der Waals surface area contributed by atoms with E-state index in [1.54, 1.807) is 22.7 Å². The molecule has 102 valence electrons. The van der Waals surface area contributed by atoms with Crippen molar-refractivity contribution in [1.29, 1.82) is 0 Å². The Bertz CT molecular complexity index is 600. The van der Waals surface area contributed by atoms with E-state index in [1.807, 2.05) is 6.92 Å². The summed E-state index contributed by atoms with van der Waals surface area (Å²) in [5.41, 5.74) is 2.33. The van der Waals surface area contributed by atoms with Gasteiger partial charge in [0.05, 0.1) is 32.4 Å². The van der Waals surface area contributed by atoms with Crippen molar-refractivity contribution in [3.8, 4) is 0 Å². The van der Waals surface area contributed by atoms with Gasteiger partial charge >= 0.3 is 0 Å². The molecule has 0 spiro atoms. The average Bonchev–Trinajstić information content (AvgIpc) is 2.84. The van der Waals surface area contributed by atoms with Crippen molar-refractivity contribution in [2.45, 2.75) is 46.1 Å². The van der Waals surface area contributed by atoms with Crippen LogP contribution in [-0.2, 0) is 12.8 Å². The molecule has 3 nitrogen and oxygen atoms in total. The zero-order valence-corrected chi connectivity index (χ0v) is 13.1. The molecule has 0 aliphatic heterocycles. The Labute approximate surface area is 121 Å². The van der Waals surface area contributed by atoms with Gasteiger partial charge in [-0.2, -0.15) is 0 Å². The van der Waals surface area contributed by atoms with Gasteiger partial charge in [-0.15, -0.1) is 22.7 Å². The third-order valence-electron chi connectivity index (χ3n) is 3.47. The molecule has 5 heteroatoms. The summed E-state index contributed by atoms with van der Waals surface area (Å²) in [6.45, 7) is 6.41. The Hall–Kier alpha value is -0.780. The van der Waals surface area contributed by atoms with Gasteiger partial charge in [-0.3, -0.25) is 0 Å². The van der Waals surface area contributed by atoms with Gasteiger partial charge in [0, 0.05) is 11.8 Å². The molecule has 19 heavy (non-hydrogen) atoms. The van der Waals surface area contributed by atoms with Gasteiger partial charge < -0.3 is 5.11 Å². The predicted octanol–water partition coefficient (Wildman–Crippen LogP) is 3.50. The summed E-state index contributed by atoms with van der Waals surface area (Å²) in [5, 5.41) is 14.5. The topological polar surface area (TPSA) is 46.0 Å². The van der Waals surface area contributed by atoms with E-state index in [2.05, 4.69) is 24.2 Å². The van der Waals surface area contributed by atoms with Crippen LogP contribution >= 0.6 is 22.7 Å². The Morgan fingerprint density at radius 3 is 2.89 bits per heavy atom. The third-order valence-corrected chi connectivity index (χ3v) is 5.49. The highest BCUT2D eigenvalue weighted by Crippen LogP contribution is 2.43. The average molecular weight is 294 g/mol. The lowest BCUT2D eigenvalue weighted by Crippen LogP contribution is -2.24. The normalized spacial score (nSPS) is 21.4. The molecular formula is C14H18N2OS2. The molecule has 3 rings (SSSR count). The number of nitrogens with zero attached hydrogens (tertiary/aromatic N) is 2. The van der Waals surface area contributed by atoms with Gasteiger partial charge in [-0.25, -0.2) is 9.97 Å². The molecule has 0 radical (unpaired) electrons. The first-order chi connectivity index (χ1) is 8.93. The van der Waals surface area contributed by atoms with Crippen LogP contribution in [0.5, 0.6) is 0 Å². The van der Waals surface area contributed by atoms with Crippen LogP contribution in [0.2, 0.25) is 0 Å². The molecule has 1 N–H and O–H groups in total. The van der Waals surface area contributed by atoms with Crippen LogP contribution in [0.15, 0.2) is 5.38 Å². The minimum absolute atomic E-state index is 0.148. The minimum Gasteiger partial charge on any atom is -0.387 e. The Morgan fingerprint density at radius 2 is 2.21 bits per heavy atom. The van der Waals surface area contributed by atoms with Gasteiger partial charge in [0.1, 0.15) is 0 Å². The zero-order chi connectivity index (χ0) is 13.6. The lowest BCUT2D eigenvalue weighted by atomic mass is 9.77. The maximum atomic E-state index is 10.2. The van der Waals surface area contributed by atoms with E-state index < -0.39 is 0 Å². The fourth-order valence-corrected chi connectivity index (χ4v) is 4.36. The first-order valence-corrected chi connectivity index (χ1v) is 8.20. The van der Waals surface area contributed by atoms with Crippen molar-refractivity contribution in [3.63, 3.8) is 0 Å². The molecule has 1 aliphatic carbocycles. The summed E-state index contributed by atoms with van der Waals surface area (Å²) in [6.07, 6.45) is 2.24. The van der Waals surface area contributed by atoms with E-state index in [4.69, 9.17) is 4.98 Å². The molecule has 2 aromatic rings. The van der Waals surface area contributed by atoms with E-state index in [9.17, 15) is 5.11 Å². The molecule has 0 bridgehead atoms. The molecule has 1 atom stereocenters. The number of hydrogen-bond acceptors (Lipinski definition) is 5. The van der Waals surface area contributed by atoms with E-state index in [1.165, 1.54) is 0 Å². The number of hydrogen-bond donors (Lipinski definition) is 1. The monoisotopic (exact) mass is 294 g/mol. The smallest absolute Gasteiger partial charge is 0.0992 e. The minimum atomic E-state index is -0.345. The number of fused-ring (bicyclic) bond motifs is 1. The molecule has 0 saturated heterocycles. The van der Waals surface area contributed by atoms with Gasteiger partial charge in [0.25, 0.3) is 0 Å². The van der Waals surface area contributed by atoms with Crippen LogP contribution < -0.4 is 0 Å². The van der Waals surface area contributed by atoms with Crippen LogP contribution in [0.1, 0.15) is 52.7 Å². The summed E-state index contributed by atoms with van der Waals surface area (Å²) in [6, 6.07) is 0. The highest BCUT2D eigenvalue weighted by atomic mass is 32.1. The molecule has 0 aromatic carbocycles. The highest BCUT2D eigenvalue weighted by molar-refractivity contribution is 7.12. The first kappa shape index (κ1) is 13.2. The van der Waals surface area contributed by atoms with Gasteiger partial charge in [0.15, 0.2) is 0 Å². The zero-order valence-electron chi connectivity index (χ0n) is 11.4. The first-order valence-electron chi connectivity index (χ1n) is 6.50. The Balaban J connectivity index is 1.86. The number of aryl methyl sites for hydroxylation is 1. The van der Waals surface area contributed by atoms with Crippen molar-refractivity contribution >= 4 is 22.7 Å². The molecule has 0 saturated carbocycles. The van der Waals surface area contributed by atoms with Crippen LogP contribution in [0.4, 0.5) is 0 Å². The summed E-state index contributed by atoms with van der Waals surface area (Å²) < 4.78 is 0. The molecule has 0 fully saturated rings. The number of rotatable bonds is 2. The standard InChI is InChI=1S/C14H18N2OS2/c1-8-15-9(7-18-8)4-12-16-10-5-14(2,3)6-11(17)13(10)19-12/h7,11,17H,4-6H2,1-3H3. The van der Waals surface area contributed by atoms with Crippen LogP contribution in [0, 0.1) is 12.3 Å². The Kier molecular flexibility index (Phi) is 3.23. The van der Waals surface area contributed by atoms with Gasteiger partial charge in [0.2, 0.25) is 0 Å². The number of aliphatic hydroxyl groups is 1. The SMILES string of the molecule is Cc1nc(Cc2nc3c(s2)C(O)CC(C)(C)C3)cs1. The molecule has 2 heterocycles. The summed E-state index contributed by atoms with van der Waals surface area (Å²) in [5.74, 6) is 0. The quantitative estimate of drug-likeness (QED) is 0.922. The highest BCUT2D eigenvalue weighted by Gasteiger charge is 2.34. The van der Waals surface area contributed by atoms with Crippen LogP contribution in [-0.4, -0.2) is 15.1 Å². The lowest BCUT2D eigenvalue weighted by Gasteiger charge is -2.31. The van der Waals surface area contributed by atoms with E-state index in [0.717, 1.165) is 45.5 Å². The second kappa shape index (κ2) is 4.65. The molecule has 1 aliphatic rings. The third kappa shape index (κ3) is 2.73. The lowest BCUT2D eigenvalue weighted by molar-refractivity contribution is 0.102. The van der Waals surface area contributed by atoms with Gasteiger partial charge in [-0.1, -0.05) is 13.8 Å². The summed E-state index contributed by atoms with van der Waals surface area (Å²) in [7, 11) is 0. The van der Waals surface area contributed by atoms with E-state index in [-0.39, 0.29) is 11.5 Å². The largest absolute Gasteiger partial charge is 0.387 e. The van der Waals surface area contributed by atoms with Crippen molar-refractivity contribution in [2.75, 3.05) is 0 Å². The predicted molar refractivity (Wildman–Crippen MR) is 78.8 cm³/mol. The Morgan fingerprint density at radius 1 is 1.42 bits per heavy atom. The fourth-order valence-electron chi connectivity index (χ4n) is 2.66. The number of aromatic nitrogens is 2.